The normalized spacial score (nSPS) is 24.0. The van der Waals surface area contributed by atoms with Crippen molar-refractivity contribution in [1.82, 2.24) is 10.6 Å². The number of nitrogens with one attached hydrogen (secondary N) is 2. The fourth-order valence-electron chi connectivity index (χ4n) is 2.20. The molecule has 0 aromatic heterocycles. The third-order valence-corrected chi connectivity index (χ3v) is 3.54. The van der Waals surface area contributed by atoms with Gasteiger partial charge in [0.1, 0.15) is 30.1 Å². The van der Waals surface area contributed by atoms with E-state index < -0.39 is 11.9 Å². The highest BCUT2D eigenvalue weighted by Crippen LogP contribution is 2.22. The molecule has 0 radical (unpaired) electrons. The Balaban J connectivity index is 0.000000307. The molecular formula is C20H27FN2O5. The fourth-order valence-corrected chi connectivity index (χ4v) is 2.20. The number of carbonyl (C=O) groups is 1. The Morgan fingerprint density at radius 1 is 1.36 bits per heavy atom. The summed E-state index contributed by atoms with van der Waals surface area (Å²) in [5, 5.41) is 23.7. The monoisotopic (exact) mass is 394 g/mol. The van der Waals surface area contributed by atoms with Gasteiger partial charge in [-0.05, 0) is 56.0 Å². The summed E-state index contributed by atoms with van der Waals surface area (Å²) in [5.41, 5.74) is 0.977. The van der Waals surface area contributed by atoms with Gasteiger partial charge in [0.2, 0.25) is 0 Å². The van der Waals surface area contributed by atoms with Crippen LogP contribution in [0.4, 0.5) is 4.39 Å². The van der Waals surface area contributed by atoms with Crippen LogP contribution in [-0.4, -0.2) is 49.1 Å². The van der Waals surface area contributed by atoms with Crippen molar-refractivity contribution < 1.29 is 28.9 Å². The number of halogens is 1. The number of allylic oxidation sites excluding steroid dienone is 7. The Hall–Kier alpha value is -2.84. The molecule has 1 atom stereocenters. The Kier molecular flexibility index (Phi) is 10.4. The van der Waals surface area contributed by atoms with Crippen molar-refractivity contribution in [3.63, 3.8) is 0 Å². The number of aliphatic hydroxyl groups excluding tert-OH is 2. The van der Waals surface area contributed by atoms with Gasteiger partial charge in [0.25, 0.3) is 0 Å². The highest BCUT2D eigenvalue weighted by Gasteiger charge is 2.20. The van der Waals surface area contributed by atoms with Crippen LogP contribution in [0.1, 0.15) is 13.8 Å². The molecule has 8 heteroatoms. The molecule has 0 aromatic rings. The third-order valence-electron chi connectivity index (χ3n) is 3.54. The standard InChI is InChI=1S/C12H15FO4.C8H12N2O/c1-8(15)9-7-12(16-2)11(17-6-5-14)4-3-10(9)13;1-7-2-3-9-6-10-5-8(11)4-7/h3-4,7,12,14H,5-6H2,1-2H3;2-5,9-11H,6H2,1H3/b;3-2-,7-4+,8-5+. The molecule has 0 amide bonds. The maximum atomic E-state index is 13.5. The summed E-state index contributed by atoms with van der Waals surface area (Å²) < 4.78 is 23.8. The van der Waals surface area contributed by atoms with Gasteiger partial charge in [-0.15, -0.1) is 0 Å². The van der Waals surface area contributed by atoms with Crippen LogP contribution in [0, 0.1) is 0 Å². The largest absolute Gasteiger partial charge is 0.506 e. The molecule has 0 saturated carbocycles. The first kappa shape index (κ1) is 23.2. The van der Waals surface area contributed by atoms with Crippen molar-refractivity contribution >= 4 is 5.78 Å². The van der Waals surface area contributed by atoms with Crippen LogP contribution in [0.25, 0.3) is 0 Å². The molecule has 4 N–H and O–H groups in total. The number of hydrogen-bond donors (Lipinski definition) is 4. The zero-order chi connectivity index (χ0) is 20.9. The predicted molar refractivity (Wildman–Crippen MR) is 105 cm³/mol. The summed E-state index contributed by atoms with van der Waals surface area (Å²) in [4.78, 5) is 11.2. The third kappa shape index (κ3) is 8.24. The van der Waals surface area contributed by atoms with Crippen LogP contribution < -0.4 is 10.6 Å². The number of ether oxygens (including phenoxy) is 2. The molecule has 28 heavy (non-hydrogen) atoms. The van der Waals surface area contributed by atoms with Crippen LogP contribution >= 0.6 is 0 Å². The molecule has 0 bridgehead atoms. The van der Waals surface area contributed by atoms with Gasteiger partial charge in [0.15, 0.2) is 5.78 Å². The molecule has 0 aromatic carbocycles. The zero-order valence-electron chi connectivity index (χ0n) is 16.2. The van der Waals surface area contributed by atoms with Crippen LogP contribution in [0.5, 0.6) is 0 Å². The molecule has 7 nitrogen and oxygen atoms in total. The maximum absolute atomic E-state index is 13.5. The van der Waals surface area contributed by atoms with E-state index in [1.165, 1.54) is 26.2 Å². The summed E-state index contributed by atoms with van der Waals surface area (Å²) >= 11 is 0. The minimum atomic E-state index is -0.634. The Bertz CT molecular complexity index is 720. The summed E-state index contributed by atoms with van der Waals surface area (Å²) in [6.45, 7) is 3.77. The van der Waals surface area contributed by atoms with Crippen molar-refractivity contribution in [1.29, 1.82) is 0 Å². The molecule has 0 saturated heterocycles. The van der Waals surface area contributed by atoms with E-state index in [0.717, 1.165) is 11.6 Å². The zero-order valence-corrected chi connectivity index (χ0v) is 16.2. The van der Waals surface area contributed by atoms with Crippen LogP contribution in [0.3, 0.4) is 0 Å². The van der Waals surface area contributed by atoms with E-state index in [-0.39, 0.29) is 30.3 Å². The second kappa shape index (κ2) is 12.5. The first-order chi connectivity index (χ1) is 13.4. The number of aliphatic hydroxyl groups is 2. The van der Waals surface area contributed by atoms with Crippen molar-refractivity contribution in [2.75, 3.05) is 27.0 Å². The number of carbonyl (C=O) groups excluding carboxylic acids is 1. The minimum absolute atomic E-state index is 0.0318. The topological polar surface area (TPSA) is 100 Å². The fraction of sp³-hybridized carbons (Fsp3) is 0.350. The number of methoxy groups -OCH3 is 1. The van der Waals surface area contributed by atoms with Crippen molar-refractivity contribution in [3.8, 4) is 0 Å². The smallest absolute Gasteiger partial charge is 0.162 e. The second-order valence-electron chi connectivity index (χ2n) is 5.82. The molecule has 2 rings (SSSR count). The lowest BCUT2D eigenvalue weighted by Crippen LogP contribution is -2.20. The Morgan fingerprint density at radius 3 is 2.75 bits per heavy atom. The van der Waals surface area contributed by atoms with Crippen LogP contribution in [0.15, 0.2) is 71.3 Å². The first-order valence-electron chi connectivity index (χ1n) is 8.66. The lowest BCUT2D eigenvalue weighted by molar-refractivity contribution is -0.113. The van der Waals surface area contributed by atoms with Gasteiger partial charge in [-0.3, -0.25) is 4.79 Å². The molecule has 1 aliphatic carbocycles. The maximum Gasteiger partial charge on any atom is 0.162 e. The molecule has 1 heterocycles. The van der Waals surface area contributed by atoms with Crippen molar-refractivity contribution in [2.45, 2.75) is 20.0 Å². The average molecular weight is 394 g/mol. The number of ketones is 1. The lowest BCUT2D eigenvalue weighted by Gasteiger charge is -2.15. The summed E-state index contributed by atoms with van der Waals surface area (Å²) in [6, 6.07) is 0. The highest BCUT2D eigenvalue weighted by molar-refractivity contribution is 5.97. The quantitative estimate of drug-likeness (QED) is 0.568. The number of hydrogen-bond acceptors (Lipinski definition) is 7. The van der Waals surface area contributed by atoms with E-state index >= 15 is 0 Å². The molecule has 1 aliphatic heterocycles. The van der Waals surface area contributed by atoms with Crippen LogP contribution in [-0.2, 0) is 14.3 Å². The van der Waals surface area contributed by atoms with Gasteiger partial charge >= 0.3 is 0 Å². The summed E-state index contributed by atoms with van der Waals surface area (Å²) in [5.74, 6) is -0.399. The number of rotatable bonds is 5. The van der Waals surface area contributed by atoms with E-state index in [1.54, 1.807) is 12.3 Å². The number of Topliss-reactive ketones (excluding diaryl/α,β-unsaturated/α-hetero) is 1. The van der Waals surface area contributed by atoms with E-state index in [4.69, 9.17) is 14.6 Å². The van der Waals surface area contributed by atoms with Gasteiger partial charge < -0.3 is 30.3 Å². The SMILES string of the molecule is CC1=C\C(O)=C/NCN/C=C\1.COC1C=C(C(C)=O)C(F)=CC=C1OCCO. The Labute approximate surface area is 164 Å². The van der Waals surface area contributed by atoms with Gasteiger partial charge in [-0.25, -0.2) is 4.39 Å². The first-order valence-corrected chi connectivity index (χ1v) is 8.66. The molecule has 154 valence electrons. The van der Waals surface area contributed by atoms with E-state index in [1.807, 2.05) is 19.2 Å². The van der Waals surface area contributed by atoms with E-state index in [9.17, 15) is 14.3 Å². The van der Waals surface area contributed by atoms with Crippen molar-refractivity contribution in [3.05, 3.63) is 71.3 Å². The second-order valence-corrected chi connectivity index (χ2v) is 5.82. The van der Waals surface area contributed by atoms with Crippen LogP contribution in [0.2, 0.25) is 0 Å². The minimum Gasteiger partial charge on any atom is -0.506 e. The molecule has 2 aliphatic rings. The molecular weight excluding hydrogens is 367 g/mol. The van der Waals surface area contributed by atoms with Crippen molar-refractivity contribution in [2.24, 2.45) is 0 Å². The lowest BCUT2D eigenvalue weighted by atomic mass is 10.1. The Morgan fingerprint density at radius 2 is 2.11 bits per heavy atom. The average Bonchev–Trinajstić information content (AvgIpc) is 2.74. The van der Waals surface area contributed by atoms with Gasteiger partial charge in [-0.2, -0.15) is 0 Å². The summed E-state index contributed by atoms with van der Waals surface area (Å²) in [7, 11) is 1.43. The van der Waals surface area contributed by atoms with E-state index in [2.05, 4.69) is 10.6 Å². The van der Waals surface area contributed by atoms with Gasteiger partial charge in [0, 0.05) is 13.3 Å². The van der Waals surface area contributed by atoms with Gasteiger partial charge in [-0.1, -0.05) is 0 Å². The van der Waals surface area contributed by atoms with E-state index in [0.29, 0.717) is 12.4 Å². The highest BCUT2D eigenvalue weighted by atomic mass is 19.1. The molecule has 1 unspecified atom stereocenters. The van der Waals surface area contributed by atoms with Gasteiger partial charge in [0.05, 0.1) is 18.8 Å². The summed E-state index contributed by atoms with van der Waals surface area (Å²) in [6.07, 6.45) is 10.3. The predicted octanol–water partition coefficient (Wildman–Crippen LogP) is 2.27. The molecule has 0 fully saturated rings. The molecule has 0 spiro atoms.